The molecule has 1 unspecified atom stereocenters. The summed E-state index contributed by atoms with van der Waals surface area (Å²) in [4.78, 5) is 30.4. The highest BCUT2D eigenvalue weighted by Crippen LogP contribution is 2.18. The third-order valence-corrected chi connectivity index (χ3v) is 3.88. The summed E-state index contributed by atoms with van der Waals surface area (Å²) < 4.78 is 25.2. The zero-order valence-corrected chi connectivity index (χ0v) is 12.8. The van der Waals surface area contributed by atoms with Gasteiger partial charge in [-0.1, -0.05) is 0 Å². The number of aromatic carboxylic acids is 1. The number of aromatic nitrogens is 2. The number of amides is 1. The van der Waals surface area contributed by atoms with Crippen LogP contribution in [0, 0.1) is 0 Å². The van der Waals surface area contributed by atoms with Crippen LogP contribution in [0.2, 0.25) is 0 Å². The minimum Gasteiger partial charge on any atom is -0.477 e. The Morgan fingerprint density at radius 2 is 2.17 bits per heavy atom. The van der Waals surface area contributed by atoms with Crippen molar-refractivity contribution < 1.29 is 23.5 Å². The van der Waals surface area contributed by atoms with Crippen LogP contribution in [-0.4, -0.2) is 27.0 Å². The molecule has 1 amide bonds. The molecule has 0 aromatic carbocycles. The fraction of sp³-hybridized carbons (Fsp3) is 0.286. The molecule has 2 aromatic heterocycles. The largest absolute Gasteiger partial charge is 0.477 e. The molecule has 2 heterocycles. The highest BCUT2D eigenvalue weighted by Gasteiger charge is 2.17. The molecule has 23 heavy (non-hydrogen) atoms. The van der Waals surface area contributed by atoms with Gasteiger partial charge in [0.2, 0.25) is 5.91 Å². The predicted molar refractivity (Wildman–Crippen MR) is 78.5 cm³/mol. The first-order valence-electron chi connectivity index (χ1n) is 6.58. The van der Waals surface area contributed by atoms with E-state index in [1.165, 1.54) is 12.3 Å². The molecule has 0 aliphatic carbocycles. The maximum absolute atomic E-state index is 12.6. The lowest BCUT2D eigenvalue weighted by atomic mass is 10.2. The van der Waals surface area contributed by atoms with Gasteiger partial charge in [0.05, 0.1) is 12.5 Å². The normalized spacial score (nSPS) is 12.2. The summed E-state index contributed by atoms with van der Waals surface area (Å²) >= 11 is 1.03. The monoisotopic (exact) mass is 341 g/mol. The van der Waals surface area contributed by atoms with Gasteiger partial charge in [-0.05, 0) is 30.0 Å². The Labute approximate surface area is 134 Å². The third-order valence-electron chi connectivity index (χ3n) is 2.91. The van der Waals surface area contributed by atoms with E-state index >= 15 is 0 Å². The van der Waals surface area contributed by atoms with Crippen molar-refractivity contribution in [3.63, 3.8) is 0 Å². The van der Waals surface area contributed by atoms with Gasteiger partial charge in [-0.15, -0.1) is 11.3 Å². The maximum Gasteiger partial charge on any atom is 0.345 e. The first-order valence-corrected chi connectivity index (χ1v) is 7.46. The minimum atomic E-state index is -2.71. The number of nitrogens with zero attached hydrogens (tertiary/aromatic N) is 2. The first-order chi connectivity index (χ1) is 10.9. The first kappa shape index (κ1) is 16.9. The van der Waals surface area contributed by atoms with Crippen LogP contribution in [0.3, 0.4) is 0 Å². The molecule has 0 radical (unpaired) electrons. The summed E-state index contributed by atoms with van der Waals surface area (Å²) in [6.45, 7) is 1.58. The van der Waals surface area contributed by atoms with Gasteiger partial charge >= 0.3 is 5.97 Å². The average Bonchev–Trinajstić information content (AvgIpc) is 2.95. The maximum atomic E-state index is 12.6. The van der Waals surface area contributed by atoms with Gasteiger partial charge < -0.3 is 10.4 Å². The van der Waals surface area contributed by atoms with Gasteiger partial charge in [-0.2, -0.15) is 0 Å². The Morgan fingerprint density at radius 1 is 1.43 bits per heavy atom. The lowest BCUT2D eigenvalue weighted by Crippen LogP contribution is -2.29. The number of carbonyl (C=O) groups is 2. The predicted octanol–water partition coefficient (Wildman–Crippen LogP) is 2.59. The van der Waals surface area contributed by atoms with Gasteiger partial charge in [0.25, 0.3) is 6.43 Å². The summed E-state index contributed by atoms with van der Waals surface area (Å²) in [7, 11) is 0. The Morgan fingerprint density at radius 3 is 2.78 bits per heavy atom. The highest BCUT2D eigenvalue weighted by molar-refractivity contribution is 7.12. The number of carboxylic acid groups (broad SMARTS) is 1. The van der Waals surface area contributed by atoms with Crippen LogP contribution >= 0.6 is 11.3 Å². The lowest BCUT2D eigenvalue weighted by molar-refractivity contribution is -0.121. The Bertz CT molecular complexity index is 721. The molecule has 0 saturated heterocycles. The quantitative estimate of drug-likeness (QED) is 0.842. The van der Waals surface area contributed by atoms with Crippen molar-refractivity contribution in [2.75, 3.05) is 0 Å². The molecule has 0 saturated carbocycles. The topological polar surface area (TPSA) is 92.2 Å². The second-order valence-electron chi connectivity index (χ2n) is 4.73. The van der Waals surface area contributed by atoms with E-state index < -0.39 is 24.1 Å². The summed E-state index contributed by atoms with van der Waals surface area (Å²) in [5.41, 5.74) is 0.166. The van der Waals surface area contributed by atoms with Gasteiger partial charge in [-0.25, -0.2) is 23.5 Å². The molecule has 2 aromatic rings. The third kappa shape index (κ3) is 4.52. The van der Waals surface area contributed by atoms with E-state index in [1.807, 2.05) is 0 Å². The smallest absolute Gasteiger partial charge is 0.345 e. The summed E-state index contributed by atoms with van der Waals surface area (Å²) in [5, 5.41) is 13.0. The number of hydrogen-bond donors (Lipinski definition) is 2. The second kappa shape index (κ2) is 7.23. The number of thiophene rings is 1. The molecular weight excluding hydrogens is 328 g/mol. The molecular formula is C14H13F2N3O3S. The van der Waals surface area contributed by atoms with Crippen molar-refractivity contribution in [3.8, 4) is 0 Å². The van der Waals surface area contributed by atoms with Crippen molar-refractivity contribution in [2.45, 2.75) is 25.8 Å². The second-order valence-corrected chi connectivity index (χ2v) is 5.64. The van der Waals surface area contributed by atoms with Crippen molar-refractivity contribution in [1.82, 2.24) is 15.3 Å². The van der Waals surface area contributed by atoms with Crippen LogP contribution in [0.25, 0.3) is 0 Å². The SMILES string of the molecule is CC(NC(=O)Cc1csc(C(=O)O)c1)c1nccc(C(F)F)n1. The van der Waals surface area contributed by atoms with Crippen molar-refractivity contribution in [3.05, 3.63) is 45.7 Å². The van der Waals surface area contributed by atoms with Gasteiger partial charge in [-0.3, -0.25) is 4.79 Å². The Kier molecular flexibility index (Phi) is 5.32. The van der Waals surface area contributed by atoms with Crippen LogP contribution in [0.4, 0.5) is 8.78 Å². The fourth-order valence-corrected chi connectivity index (χ4v) is 2.59. The highest BCUT2D eigenvalue weighted by atomic mass is 32.1. The fourth-order valence-electron chi connectivity index (χ4n) is 1.84. The van der Waals surface area contributed by atoms with Crippen LogP contribution in [0.1, 0.15) is 46.1 Å². The summed E-state index contributed by atoms with van der Waals surface area (Å²) in [6, 6.07) is 1.89. The van der Waals surface area contributed by atoms with E-state index in [-0.39, 0.29) is 23.0 Å². The molecule has 0 spiro atoms. The van der Waals surface area contributed by atoms with Crippen LogP contribution in [0.15, 0.2) is 23.7 Å². The summed E-state index contributed by atoms with van der Waals surface area (Å²) in [6.07, 6.45) is -1.51. The molecule has 1 atom stereocenters. The molecule has 0 aliphatic heterocycles. The van der Waals surface area contributed by atoms with Crippen molar-refractivity contribution in [2.24, 2.45) is 0 Å². The number of carbonyl (C=O) groups excluding carboxylic acids is 1. The molecule has 0 fully saturated rings. The van der Waals surface area contributed by atoms with Gasteiger partial charge in [0, 0.05) is 6.20 Å². The van der Waals surface area contributed by atoms with Gasteiger partial charge in [0.1, 0.15) is 10.6 Å². The number of rotatable bonds is 6. The molecule has 6 nitrogen and oxygen atoms in total. The zero-order valence-electron chi connectivity index (χ0n) is 12.0. The van der Waals surface area contributed by atoms with E-state index in [0.717, 1.165) is 17.4 Å². The number of alkyl halides is 2. The lowest BCUT2D eigenvalue weighted by Gasteiger charge is -2.13. The summed E-state index contributed by atoms with van der Waals surface area (Å²) in [5.74, 6) is -1.33. The molecule has 0 aliphatic rings. The van der Waals surface area contributed by atoms with E-state index in [9.17, 15) is 18.4 Å². The molecule has 9 heteroatoms. The van der Waals surface area contributed by atoms with Crippen LogP contribution < -0.4 is 5.32 Å². The van der Waals surface area contributed by atoms with E-state index in [4.69, 9.17) is 5.11 Å². The number of halogens is 2. The van der Waals surface area contributed by atoms with E-state index in [1.54, 1.807) is 12.3 Å². The molecule has 2 rings (SSSR count). The van der Waals surface area contributed by atoms with E-state index in [0.29, 0.717) is 5.56 Å². The standard InChI is InChI=1S/C14H13F2N3O3S/c1-7(13-17-3-2-9(19-13)12(15)16)18-11(20)5-8-4-10(14(21)22)23-6-8/h2-4,6-7,12H,5H2,1H3,(H,18,20)(H,21,22). The number of nitrogens with one attached hydrogen (secondary N) is 1. The Balaban J connectivity index is 1.98. The number of hydrogen-bond acceptors (Lipinski definition) is 5. The molecule has 2 N–H and O–H groups in total. The Hall–Kier alpha value is -2.42. The van der Waals surface area contributed by atoms with Crippen LogP contribution in [-0.2, 0) is 11.2 Å². The van der Waals surface area contributed by atoms with Crippen molar-refractivity contribution in [1.29, 1.82) is 0 Å². The average molecular weight is 341 g/mol. The van der Waals surface area contributed by atoms with Gasteiger partial charge in [0.15, 0.2) is 5.82 Å². The van der Waals surface area contributed by atoms with Crippen LogP contribution in [0.5, 0.6) is 0 Å². The number of carboxylic acids is 1. The minimum absolute atomic E-state index is 0.0113. The molecule has 122 valence electrons. The molecule has 0 bridgehead atoms. The van der Waals surface area contributed by atoms with Crippen molar-refractivity contribution >= 4 is 23.2 Å². The zero-order chi connectivity index (χ0) is 17.0. The van der Waals surface area contributed by atoms with E-state index in [2.05, 4.69) is 15.3 Å².